The van der Waals surface area contributed by atoms with E-state index in [0.29, 0.717) is 28.4 Å². The third-order valence-corrected chi connectivity index (χ3v) is 6.23. The monoisotopic (exact) mass is 489 g/mol. The lowest BCUT2D eigenvalue weighted by molar-refractivity contribution is -0.137. The molecule has 1 N–H and O–H groups in total. The van der Waals surface area contributed by atoms with E-state index in [9.17, 15) is 22.8 Å². The summed E-state index contributed by atoms with van der Waals surface area (Å²) in [5.41, 5.74) is -0.778. The number of hydrogen-bond acceptors (Lipinski definition) is 5. The number of para-hydroxylation sites is 2. The van der Waals surface area contributed by atoms with Gasteiger partial charge in [-0.2, -0.15) is 13.2 Å². The Hall–Kier alpha value is -3.34. The first-order valence-corrected chi connectivity index (χ1v) is 11.8. The number of thioether (sulfide) groups is 1. The summed E-state index contributed by atoms with van der Waals surface area (Å²) in [5, 5.41) is 11.6. The van der Waals surface area contributed by atoms with Gasteiger partial charge in [0.25, 0.3) is 5.56 Å². The third-order valence-electron chi connectivity index (χ3n) is 5.30. The van der Waals surface area contributed by atoms with Gasteiger partial charge in [-0.3, -0.25) is 18.6 Å². The van der Waals surface area contributed by atoms with Gasteiger partial charge in [-0.25, -0.2) is 0 Å². The van der Waals surface area contributed by atoms with E-state index in [4.69, 9.17) is 0 Å². The Labute approximate surface area is 197 Å². The fourth-order valence-electron chi connectivity index (χ4n) is 3.70. The molecular weight excluding hydrogens is 467 g/mol. The van der Waals surface area contributed by atoms with Crippen LogP contribution in [0, 0.1) is 0 Å². The van der Waals surface area contributed by atoms with E-state index in [-0.39, 0.29) is 17.0 Å². The molecule has 0 saturated heterocycles. The number of alkyl halides is 3. The van der Waals surface area contributed by atoms with E-state index >= 15 is 0 Å². The molecule has 2 aromatic carbocycles. The number of aromatic nitrogens is 4. The Balaban J connectivity index is 1.62. The molecule has 0 aliphatic heterocycles. The maximum Gasteiger partial charge on any atom is 0.418 e. The third kappa shape index (κ3) is 4.79. The summed E-state index contributed by atoms with van der Waals surface area (Å²) in [4.78, 5) is 25.5. The molecule has 4 aromatic rings. The van der Waals surface area contributed by atoms with Crippen molar-refractivity contribution in [1.82, 2.24) is 19.2 Å². The van der Waals surface area contributed by atoms with Gasteiger partial charge >= 0.3 is 6.18 Å². The second-order valence-corrected chi connectivity index (χ2v) is 8.62. The van der Waals surface area contributed by atoms with Crippen LogP contribution in [0.3, 0.4) is 0 Å². The van der Waals surface area contributed by atoms with Crippen molar-refractivity contribution in [1.29, 1.82) is 0 Å². The molecule has 0 bridgehead atoms. The van der Waals surface area contributed by atoms with Crippen molar-refractivity contribution in [2.24, 2.45) is 0 Å². The molecular formula is C23H22F3N5O2S. The number of benzene rings is 2. The smallest absolute Gasteiger partial charge is 0.325 e. The van der Waals surface area contributed by atoms with Gasteiger partial charge in [-0.15, -0.1) is 10.2 Å². The molecule has 2 heterocycles. The average Bonchev–Trinajstić information content (AvgIpc) is 3.23. The number of aryl methyl sites for hydroxylation is 1. The zero-order valence-electron chi connectivity index (χ0n) is 18.3. The van der Waals surface area contributed by atoms with Gasteiger partial charge in [0.05, 0.1) is 27.9 Å². The van der Waals surface area contributed by atoms with Crippen LogP contribution in [0.4, 0.5) is 18.9 Å². The molecule has 0 radical (unpaired) electrons. The number of amides is 1. The summed E-state index contributed by atoms with van der Waals surface area (Å²) in [6.45, 7) is 2.56. The molecule has 11 heteroatoms. The van der Waals surface area contributed by atoms with E-state index in [1.165, 1.54) is 18.2 Å². The van der Waals surface area contributed by atoms with Gasteiger partial charge in [0.15, 0.2) is 5.16 Å². The number of fused-ring (bicyclic) bond motifs is 3. The van der Waals surface area contributed by atoms with E-state index < -0.39 is 17.6 Å². The van der Waals surface area contributed by atoms with E-state index in [0.717, 1.165) is 37.1 Å². The van der Waals surface area contributed by atoms with Crippen LogP contribution in [0.2, 0.25) is 0 Å². The summed E-state index contributed by atoms with van der Waals surface area (Å²) in [5.74, 6) is -0.430. The Bertz CT molecular complexity index is 1400. The van der Waals surface area contributed by atoms with Crippen LogP contribution in [0.1, 0.15) is 31.7 Å². The van der Waals surface area contributed by atoms with Crippen molar-refractivity contribution < 1.29 is 18.0 Å². The molecule has 178 valence electrons. The Morgan fingerprint density at radius 2 is 1.79 bits per heavy atom. The van der Waals surface area contributed by atoms with Gasteiger partial charge in [0, 0.05) is 6.54 Å². The minimum absolute atomic E-state index is 0.162. The standard InChI is InChI=1S/C23H22F3N5O2S/c1-2-3-8-13-30-20(33)15-9-4-7-12-18(15)31-21(30)28-29-22(31)34-14-19(32)27-17-11-6-5-10-16(17)23(24,25)26/h4-7,9-12H,2-3,8,13-14H2,1H3,(H,27,32). The fraction of sp³-hybridized carbons (Fsp3) is 0.304. The number of hydrogen-bond donors (Lipinski definition) is 1. The maximum atomic E-state index is 13.2. The largest absolute Gasteiger partial charge is 0.418 e. The molecule has 34 heavy (non-hydrogen) atoms. The predicted octanol–water partition coefficient (Wildman–Crippen LogP) is 4.98. The van der Waals surface area contributed by atoms with Gasteiger partial charge in [-0.1, -0.05) is 55.8 Å². The van der Waals surface area contributed by atoms with Crippen molar-refractivity contribution in [3.05, 3.63) is 64.4 Å². The summed E-state index contributed by atoms with van der Waals surface area (Å²) in [7, 11) is 0. The highest BCUT2D eigenvalue weighted by Gasteiger charge is 2.33. The van der Waals surface area contributed by atoms with Gasteiger partial charge in [0.1, 0.15) is 0 Å². The zero-order chi connectivity index (χ0) is 24.3. The number of rotatable bonds is 8. The van der Waals surface area contributed by atoms with Crippen LogP contribution in [0.5, 0.6) is 0 Å². The lowest BCUT2D eigenvalue weighted by atomic mass is 10.1. The zero-order valence-corrected chi connectivity index (χ0v) is 19.1. The van der Waals surface area contributed by atoms with E-state index in [1.807, 2.05) is 0 Å². The highest BCUT2D eigenvalue weighted by Crippen LogP contribution is 2.34. The molecule has 1 amide bonds. The highest BCUT2D eigenvalue weighted by atomic mass is 32.2. The number of halogens is 3. The van der Waals surface area contributed by atoms with Gasteiger partial charge in [-0.05, 0) is 30.7 Å². The van der Waals surface area contributed by atoms with Crippen LogP contribution in [0.15, 0.2) is 58.5 Å². The van der Waals surface area contributed by atoms with Gasteiger partial charge in [0.2, 0.25) is 11.7 Å². The maximum absolute atomic E-state index is 13.2. The van der Waals surface area contributed by atoms with Crippen molar-refractivity contribution in [2.75, 3.05) is 11.1 Å². The molecule has 0 saturated carbocycles. The first kappa shape index (κ1) is 23.8. The number of nitrogens with zero attached hydrogens (tertiary/aromatic N) is 4. The lowest BCUT2D eigenvalue weighted by Gasteiger charge is -2.13. The Morgan fingerprint density at radius 3 is 2.56 bits per heavy atom. The predicted molar refractivity (Wildman–Crippen MR) is 125 cm³/mol. The minimum Gasteiger partial charge on any atom is -0.325 e. The van der Waals surface area contributed by atoms with Crippen molar-refractivity contribution in [2.45, 2.75) is 44.1 Å². The van der Waals surface area contributed by atoms with Crippen molar-refractivity contribution >= 4 is 40.0 Å². The Morgan fingerprint density at radius 1 is 1.06 bits per heavy atom. The van der Waals surface area contributed by atoms with Crippen LogP contribution in [-0.4, -0.2) is 30.8 Å². The molecule has 0 spiro atoms. The fourth-order valence-corrected chi connectivity index (χ4v) is 4.44. The number of nitrogens with one attached hydrogen (secondary N) is 1. The first-order chi connectivity index (χ1) is 16.3. The molecule has 0 atom stereocenters. The number of anilines is 1. The second kappa shape index (κ2) is 9.88. The molecule has 0 unspecified atom stereocenters. The summed E-state index contributed by atoms with van der Waals surface area (Å²) < 4.78 is 42.9. The molecule has 7 nitrogen and oxygen atoms in total. The second-order valence-electron chi connectivity index (χ2n) is 7.68. The highest BCUT2D eigenvalue weighted by molar-refractivity contribution is 7.99. The van der Waals surface area contributed by atoms with Crippen LogP contribution in [0.25, 0.3) is 16.7 Å². The minimum atomic E-state index is -4.58. The summed E-state index contributed by atoms with van der Waals surface area (Å²) >= 11 is 1.04. The topological polar surface area (TPSA) is 81.3 Å². The average molecular weight is 490 g/mol. The summed E-state index contributed by atoms with van der Waals surface area (Å²) in [6, 6.07) is 11.9. The van der Waals surface area contributed by atoms with E-state index in [2.05, 4.69) is 22.4 Å². The molecule has 2 aromatic heterocycles. The summed E-state index contributed by atoms with van der Waals surface area (Å²) in [6.07, 6.45) is -1.82. The molecule has 4 rings (SSSR count). The van der Waals surface area contributed by atoms with Crippen LogP contribution in [-0.2, 0) is 17.5 Å². The molecule has 0 aliphatic rings. The number of carbonyl (C=O) groups is 1. The van der Waals surface area contributed by atoms with Gasteiger partial charge < -0.3 is 5.32 Å². The first-order valence-electron chi connectivity index (χ1n) is 10.8. The Kier molecular flexibility index (Phi) is 6.92. The van der Waals surface area contributed by atoms with Crippen molar-refractivity contribution in [3.8, 4) is 0 Å². The van der Waals surface area contributed by atoms with Crippen LogP contribution >= 0.6 is 11.8 Å². The lowest BCUT2D eigenvalue weighted by Crippen LogP contribution is -2.23. The normalized spacial score (nSPS) is 11.9. The van der Waals surface area contributed by atoms with Crippen LogP contribution < -0.4 is 10.9 Å². The number of unbranched alkanes of at least 4 members (excludes halogenated alkanes) is 2. The molecule has 0 fully saturated rings. The molecule has 0 aliphatic carbocycles. The van der Waals surface area contributed by atoms with E-state index in [1.54, 1.807) is 33.2 Å². The van der Waals surface area contributed by atoms with Crippen molar-refractivity contribution in [3.63, 3.8) is 0 Å². The quantitative estimate of drug-likeness (QED) is 0.279. The number of carbonyl (C=O) groups excluding carboxylic acids is 1. The SMILES string of the molecule is CCCCCn1c(=O)c2ccccc2n2c(SCC(=O)Nc3ccccc3C(F)(F)F)nnc12.